The summed E-state index contributed by atoms with van der Waals surface area (Å²) in [5.41, 5.74) is 0.616. The molecule has 0 aliphatic heterocycles. The molecule has 16 heavy (non-hydrogen) atoms. The lowest BCUT2D eigenvalue weighted by atomic mass is 10.1. The number of halogens is 1. The van der Waals surface area contributed by atoms with Gasteiger partial charge in [0.2, 0.25) is 0 Å². The number of hydrogen-bond acceptors (Lipinski definition) is 2. The van der Waals surface area contributed by atoms with E-state index in [9.17, 15) is 4.79 Å². The van der Waals surface area contributed by atoms with Crippen molar-refractivity contribution in [3.8, 4) is 0 Å². The molecule has 1 rings (SSSR count). The van der Waals surface area contributed by atoms with E-state index in [1.807, 2.05) is 0 Å². The summed E-state index contributed by atoms with van der Waals surface area (Å²) in [6.45, 7) is 4.57. The molecule has 90 valence electrons. The van der Waals surface area contributed by atoms with Crippen LogP contribution in [-0.2, 0) is 0 Å². The van der Waals surface area contributed by atoms with Crippen molar-refractivity contribution in [2.75, 3.05) is 12.4 Å². The van der Waals surface area contributed by atoms with Gasteiger partial charge in [-0.25, -0.2) is 0 Å². The predicted molar refractivity (Wildman–Crippen MR) is 64.9 cm³/mol. The van der Waals surface area contributed by atoms with Crippen LogP contribution in [0.5, 0.6) is 0 Å². The Labute approximate surface area is 101 Å². The van der Waals surface area contributed by atoms with Crippen LogP contribution >= 0.6 is 11.6 Å². The van der Waals surface area contributed by atoms with Gasteiger partial charge in [0.15, 0.2) is 0 Å². The lowest BCUT2D eigenvalue weighted by Crippen LogP contribution is -2.24. The van der Waals surface area contributed by atoms with E-state index in [0.29, 0.717) is 29.7 Å². The second kappa shape index (κ2) is 6.59. The van der Waals surface area contributed by atoms with Gasteiger partial charge in [0.05, 0.1) is 11.8 Å². The Hall–Kier alpha value is -0.960. The first kappa shape index (κ1) is 13.1. The molecule has 0 spiro atoms. The van der Waals surface area contributed by atoms with Crippen molar-refractivity contribution >= 4 is 17.5 Å². The molecule has 0 saturated carbocycles. The third kappa shape index (κ3) is 3.89. The minimum absolute atomic E-state index is 0.0650. The second-order valence-electron chi connectivity index (χ2n) is 4.05. The summed E-state index contributed by atoms with van der Waals surface area (Å²) < 4.78 is 5.07. The van der Waals surface area contributed by atoms with Crippen molar-refractivity contribution in [1.29, 1.82) is 0 Å². The van der Waals surface area contributed by atoms with Crippen LogP contribution in [0.3, 0.4) is 0 Å². The molecule has 1 amide bonds. The summed E-state index contributed by atoms with van der Waals surface area (Å²) in [6.07, 6.45) is 3.52. The van der Waals surface area contributed by atoms with Crippen LogP contribution in [0.2, 0.25) is 0 Å². The smallest absolute Gasteiger partial charge is 0.254 e. The highest BCUT2D eigenvalue weighted by Crippen LogP contribution is 2.09. The van der Waals surface area contributed by atoms with Gasteiger partial charge in [-0.1, -0.05) is 6.92 Å². The van der Waals surface area contributed by atoms with E-state index in [1.165, 1.54) is 6.26 Å². The molecule has 1 N–H and O–H groups in total. The zero-order chi connectivity index (χ0) is 12.0. The number of carbonyl (C=O) groups is 1. The van der Waals surface area contributed by atoms with Crippen LogP contribution in [0.25, 0.3) is 0 Å². The van der Waals surface area contributed by atoms with E-state index >= 15 is 0 Å². The summed E-state index contributed by atoms with van der Waals surface area (Å²) in [5, 5.41) is 2.86. The number of aryl methyl sites for hydroxylation is 1. The fourth-order valence-electron chi connectivity index (χ4n) is 1.45. The molecule has 1 unspecified atom stereocenters. The van der Waals surface area contributed by atoms with E-state index in [2.05, 4.69) is 12.2 Å². The van der Waals surface area contributed by atoms with Gasteiger partial charge < -0.3 is 9.73 Å². The molecule has 4 heteroatoms. The highest BCUT2D eigenvalue weighted by molar-refractivity contribution is 6.18. The number of furan rings is 1. The van der Waals surface area contributed by atoms with Crippen molar-refractivity contribution in [3.63, 3.8) is 0 Å². The summed E-state index contributed by atoms with van der Waals surface area (Å²) in [7, 11) is 0. The van der Waals surface area contributed by atoms with Crippen molar-refractivity contribution in [2.45, 2.75) is 26.7 Å². The van der Waals surface area contributed by atoms with Crippen LogP contribution in [0, 0.1) is 12.8 Å². The summed E-state index contributed by atoms with van der Waals surface area (Å²) in [5.74, 6) is 1.78. The van der Waals surface area contributed by atoms with Crippen LogP contribution in [0.15, 0.2) is 16.7 Å². The second-order valence-corrected chi connectivity index (χ2v) is 4.36. The van der Waals surface area contributed by atoms with Crippen molar-refractivity contribution in [3.05, 3.63) is 23.7 Å². The molecule has 1 atom stereocenters. The first-order chi connectivity index (χ1) is 7.65. The van der Waals surface area contributed by atoms with Crippen LogP contribution in [0.1, 0.15) is 35.9 Å². The highest BCUT2D eigenvalue weighted by atomic mass is 35.5. The van der Waals surface area contributed by atoms with E-state index in [4.69, 9.17) is 16.0 Å². The van der Waals surface area contributed by atoms with Gasteiger partial charge >= 0.3 is 0 Å². The molecule has 0 aromatic carbocycles. The number of hydrogen-bond donors (Lipinski definition) is 1. The van der Waals surface area contributed by atoms with Gasteiger partial charge in [-0.15, -0.1) is 11.6 Å². The third-order valence-electron chi connectivity index (χ3n) is 2.53. The van der Waals surface area contributed by atoms with Crippen molar-refractivity contribution in [2.24, 2.45) is 5.92 Å². The third-order valence-corrected chi connectivity index (χ3v) is 3.05. The van der Waals surface area contributed by atoms with Gasteiger partial charge in [-0.3, -0.25) is 4.79 Å². The zero-order valence-electron chi connectivity index (χ0n) is 9.75. The molecule has 0 aliphatic rings. The first-order valence-electron chi connectivity index (χ1n) is 5.53. The molecule has 1 heterocycles. The van der Waals surface area contributed by atoms with Crippen molar-refractivity contribution in [1.82, 2.24) is 5.32 Å². The molecule has 1 aromatic heterocycles. The Balaban J connectivity index is 2.24. The molecular formula is C12H18ClNO2. The largest absolute Gasteiger partial charge is 0.469 e. The Morgan fingerprint density at radius 1 is 1.62 bits per heavy atom. The molecule has 0 aliphatic carbocycles. The molecule has 1 aromatic rings. The van der Waals surface area contributed by atoms with Crippen molar-refractivity contribution < 1.29 is 9.21 Å². The van der Waals surface area contributed by atoms with Crippen LogP contribution in [0.4, 0.5) is 0 Å². The predicted octanol–water partition coefficient (Wildman–Crippen LogP) is 2.97. The summed E-state index contributed by atoms with van der Waals surface area (Å²) in [6, 6.07) is 1.69. The zero-order valence-corrected chi connectivity index (χ0v) is 10.5. The molecular weight excluding hydrogens is 226 g/mol. The minimum Gasteiger partial charge on any atom is -0.469 e. The first-order valence-corrected chi connectivity index (χ1v) is 6.07. The van der Waals surface area contributed by atoms with E-state index < -0.39 is 0 Å². The normalized spacial score (nSPS) is 12.4. The maximum Gasteiger partial charge on any atom is 0.254 e. The molecule has 0 fully saturated rings. The molecule has 0 radical (unpaired) electrons. The Morgan fingerprint density at radius 2 is 2.38 bits per heavy atom. The maximum absolute atomic E-state index is 11.6. The molecule has 3 nitrogen and oxygen atoms in total. The van der Waals surface area contributed by atoms with Gasteiger partial charge in [-0.2, -0.15) is 0 Å². The lowest BCUT2D eigenvalue weighted by molar-refractivity contribution is 0.0951. The van der Waals surface area contributed by atoms with Gasteiger partial charge in [0, 0.05) is 12.4 Å². The standard InChI is InChI=1S/C12H18ClNO2/c1-9(8-13)4-3-6-14-12(15)11-5-7-16-10(11)2/h5,7,9H,3-4,6,8H2,1-2H3,(H,14,15). The number of rotatable bonds is 6. The number of amides is 1. The van der Waals surface area contributed by atoms with Gasteiger partial charge in [0.25, 0.3) is 5.91 Å². The quantitative estimate of drug-likeness (QED) is 0.617. The fourth-order valence-corrected chi connectivity index (χ4v) is 1.60. The Kier molecular flexibility index (Phi) is 5.39. The monoisotopic (exact) mass is 243 g/mol. The Bertz CT molecular complexity index is 336. The summed E-state index contributed by atoms with van der Waals surface area (Å²) >= 11 is 5.70. The number of alkyl halides is 1. The van der Waals surface area contributed by atoms with E-state index in [1.54, 1.807) is 13.0 Å². The van der Waals surface area contributed by atoms with Crippen LogP contribution < -0.4 is 5.32 Å². The number of carbonyl (C=O) groups excluding carboxylic acids is 1. The maximum atomic E-state index is 11.6. The topological polar surface area (TPSA) is 42.2 Å². The number of nitrogens with one attached hydrogen (secondary N) is 1. The lowest BCUT2D eigenvalue weighted by Gasteiger charge is -2.07. The average molecular weight is 244 g/mol. The molecule has 0 bridgehead atoms. The minimum atomic E-state index is -0.0650. The Morgan fingerprint density at radius 3 is 2.94 bits per heavy atom. The highest BCUT2D eigenvalue weighted by Gasteiger charge is 2.10. The van der Waals surface area contributed by atoms with Gasteiger partial charge in [0.1, 0.15) is 5.76 Å². The van der Waals surface area contributed by atoms with E-state index in [0.717, 1.165) is 12.8 Å². The average Bonchev–Trinajstić information content (AvgIpc) is 2.70. The van der Waals surface area contributed by atoms with Gasteiger partial charge in [-0.05, 0) is 31.7 Å². The van der Waals surface area contributed by atoms with E-state index in [-0.39, 0.29) is 5.91 Å². The molecule has 0 saturated heterocycles. The van der Waals surface area contributed by atoms with Crippen LogP contribution in [-0.4, -0.2) is 18.3 Å². The fraction of sp³-hybridized carbons (Fsp3) is 0.583. The SMILES string of the molecule is Cc1occc1C(=O)NCCCC(C)CCl. The summed E-state index contributed by atoms with van der Waals surface area (Å²) in [4.78, 5) is 11.6.